The highest BCUT2D eigenvalue weighted by Gasteiger charge is 2.19. The summed E-state index contributed by atoms with van der Waals surface area (Å²) < 4.78 is 0. The lowest BCUT2D eigenvalue weighted by molar-refractivity contribution is 0.100. The maximum atomic E-state index is 11.5. The number of nitriles is 1. The van der Waals surface area contributed by atoms with Crippen molar-refractivity contribution in [3.8, 4) is 6.07 Å². The number of fused-ring (bicyclic) bond motifs is 1. The van der Waals surface area contributed by atoms with Crippen molar-refractivity contribution in [2.75, 3.05) is 36.0 Å². The molecule has 6 nitrogen and oxygen atoms in total. The molecule has 3 aromatic rings. The van der Waals surface area contributed by atoms with Crippen LogP contribution in [-0.2, 0) is 0 Å². The molecule has 0 aliphatic carbocycles. The molecular formula is C21H19N5O. The van der Waals surface area contributed by atoms with Crippen molar-refractivity contribution in [2.45, 2.75) is 0 Å². The molecule has 0 radical (unpaired) electrons. The number of piperazine rings is 1. The topological polar surface area (TPSA) is 86.2 Å². The molecule has 0 unspecified atom stereocenters. The standard InChI is InChI=1S/C21H19N5O/c22-12-15-1-5-18(6-2-15)25-7-9-26(10-8-25)20-14-24-13-17-4-3-16(21(23)27)11-19(17)20/h1-6,11,13-14H,7-10H2,(H2,23,27). The molecule has 1 aromatic heterocycles. The van der Waals surface area contributed by atoms with Gasteiger partial charge in [0.15, 0.2) is 0 Å². The molecule has 0 saturated carbocycles. The van der Waals surface area contributed by atoms with Crippen LogP contribution in [0.4, 0.5) is 11.4 Å². The largest absolute Gasteiger partial charge is 0.368 e. The van der Waals surface area contributed by atoms with Crippen LogP contribution in [0.2, 0.25) is 0 Å². The highest BCUT2D eigenvalue weighted by atomic mass is 16.1. The number of carbonyl (C=O) groups is 1. The predicted molar refractivity (Wildman–Crippen MR) is 106 cm³/mol. The Labute approximate surface area is 157 Å². The van der Waals surface area contributed by atoms with E-state index < -0.39 is 5.91 Å². The van der Waals surface area contributed by atoms with Crippen LogP contribution in [0.5, 0.6) is 0 Å². The van der Waals surface area contributed by atoms with Crippen LogP contribution in [0.15, 0.2) is 54.9 Å². The number of primary amides is 1. The van der Waals surface area contributed by atoms with Crippen LogP contribution < -0.4 is 15.5 Å². The summed E-state index contributed by atoms with van der Waals surface area (Å²) in [6.07, 6.45) is 3.65. The molecule has 1 fully saturated rings. The van der Waals surface area contributed by atoms with Gasteiger partial charge in [0.05, 0.1) is 23.5 Å². The van der Waals surface area contributed by atoms with Gasteiger partial charge in [-0.3, -0.25) is 9.78 Å². The van der Waals surface area contributed by atoms with Crippen molar-refractivity contribution < 1.29 is 4.79 Å². The van der Waals surface area contributed by atoms with E-state index in [0.717, 1.165) is 48.3 Å². The van der Waals surface area contributed by atoms with Crippen LogP contribution in [-0.4, -0.2) is 37.1 Å². The monoisotopic (exact) mass is 357 g/mol. The van der Waals surface area contributed by atoms with Crippen molar-refractivity contribution >= 4 is 28.1 Å². The first-order valence-electron chi connectivity index (χ1n) is 8.83. The Kier molecular flexibility index (Phi) is 4.35. The van der Waals surface area contributed by atoms with Gasteiger partial charge in [-0.15, -0.1) is 0 Å². The first kappa shape index (κ1) is 16.9. The molecule has 1 saturated heterocycles. The van der Waals surface area contributed by atoms with E-state index in [4.69, 9.17) is 11.0 Å². The maximum Gasteiger partial charge on any atom is 0.248 e. The summed E-state index contributed by atoms with van der Waals surface area (Å²) in [4.78, 5) is 20.5. The average molecular weight is 357 g/mol. The van der Waals surface area contributed by atoms with Crippen LogP contribution >= 0.6 is 0 Å². The van der Waals surface area contributed by atoms with Crippen molar-refractivity contribution in [1.82, 2.24) is 4.98 Å². The quantitative estimate of drug-likeness (QED) is 0.778. The SMILES string of the molecule is N#Cc1ccc(N2CCN(c3cncc4ccc(C(N)=O)cc34)CC2)cc1. The Morgan fingerprint density at radius 2 is 1.70 bits per heavy atom. The van der Waals surface area contributed by atoms with Crippen molar-refractivity contribution in [3.05, 3.63) is 66.0 Å². The average Bonchev–Trinajstić information content (AvgIpc) is 2.73. The molecule has 6 heteroatoms. The van der Waals surface area contributed by atoms with Gasteiger partial charge in [-0.25, -0.2) is 0 Å². The third-order valence-electron chi connectivity index (χ3n) is 5.01. The second-order valence-corrected chi connectivity index (χ2v) is 6.59. The molecule has 0 atom stereocenters. The number of benzene rings is 2. The van der Waals surface area contributed by atoms with Gasteiger partial charge in [0.1, 0.15) is 0 Å². The van der Waals surface area contributed by atoms with Crippen LogP contribution in [0, 0.1) is 11.3 Å². The number of rotatable bonds is 3. The summed E-state index contributed by atoms with van der Waals surface area (Å²) in [5, 5.41) is 10.9. The summed E-state index contributed by atoms with van der Waals surface area (Å²) in [6.45, 7) is 3.44. The molecule has 1 amide bonds. The van der Waals surface area contributed by atoms with Crippen LogP contribution in [0.3, 0.4) is 0 Å². The zero-order chi connectivity index (χ0) is 18.8. The Balaban J connectivity index is 1.56. The zero-order valence-corrected chi connectivity index (χ0v) is 14.8. The fourth-order valence-electron chi connectivity index (χ4n) is 3.51. The minimum absolute atomic E-state index is 0.426. The first-order chi connectivity index (χ1) is 13.2. The van der Waals surface area contributed by atoms with E-state index in [0.29, 0.717) is 11.1 Å². The van der Waals surface area contributed by atoms with Gasteiger partial charge < -0.3 is 15.5 Å². The van der Waals surface area contributed by atoms with E-state index in [-0.39, 0.29) is 0 Å². The van der Waals surface area contributed by atoms with Gasteiger partial charge in [0.25, 0.3) is 0 Å². The summed E-state index contributed by atoms with van der Waals surface area (Å²) in [7, 11) is 0. The smallest absolute Gasteiger partial charge is 0.248 e. The maximum absolute atomic E-state index is 11.5. The molecule has 2 aromatic carbocycles. The number of nitrogens with zero attached hydrogens (tertiary/aromatic N) is 4. The third kappa shape index (κ3) is 3.27. The lowest BCUT2D eigenvalue weighted by Crippen LogP contribution is -2.46. The first-order valence-corrected chi connectivity index (χ1v) is 8.83. The third-order valence-corrected chi connectivity index (χ3v) is 5.01. The lowest BCUT2D eigenvalue weighted by atomic mass is 10.1. The second kappa shape index (κ2) is 6.96. The van der Waals surface area contributed by atoms with E-state index in [1.807, 2.05) is 42.6 Å². The summed E-state index contributed by atoms with van der Waals surface area (Å²) in [5.41, 5.74) is 8.77. The molecule has 2 N–H and O–H groups in total. The number of hydrogen-bond acceptors (Lipinski definition) is 5. The minimum Gasteiger partial charge on any atom is -0.368 e. The molecule has 4 rings (SSSR count). The van der Waals surface area contributed by atoms with E-state index in [1.54, 1.807) is 12.3 Å². The van der Waals surface area contributed by atoms with Gasteiger partial charge >= 0.3 is 0 Å². The molecule has 27 heavy (non-hydrogen) atoms. The number of carbonyl (C=O) groups excluding carboxylic acids is 1. The fraction of sp³-hybridized carbons (Fsp3) is 0.190. The molecular weight excluding hydrogens is 338 g/mol. The Hall–Kier alpha value is -3.59. The lowest BCUT2D eigenvalue weighted by Gasteiger charge is -2.37. The van der Waals surface area contributed by atoms with Crippen molar-refractivity contribution in [2.24, 2.45) is 5.73 Å². The highest BCUT2D eigenvalue weighted by molar-refractivity contribution is 6.01. The second-order valence-electron chi connectivity index (χ2n) is 6.59. The van der Waals surface area contributed by atoms with E-state index in [2.05, 4.69) is 20.9 Å². The molecule has 134 valence electrons. The minimum atomic E-state index is -0.426. The number of nitrogens with two attached hydrogens (primary N) is 1. The molecule has 0 spiro atoms. The normalized spacial score (nSPS) is 14.2. The summed E-state index contributed by atoms with van der Waals surface area (Å²) in [6, 6.07) is 15.3. The Morgan fingerprint density at radius 1 is 1.00 bits per heavy atom. The molecule has 2 heterocycles. The van der Waals surface area contributed by atoms with Crippen molar-refractivity contribution in [3.63, 3.8) is 0 Å². The Bertz CT molecular complexity index is 1030. The molecule has 0 bridgehead atoms. The van der Waals surface area contributed by atoms with E-state index >= 15 is 0 Å². The predicted octanol–water partition coefficient (Wildman–Crippen LogP) is 2.53. The van der Waals surface area contributed by atoms with Gasteiger partial charge in [0, 0.05) is 54.4 Å². The number of aromatic nitrogens is 1. The number of hydrogen-bond donors (Lipinski definition) is 1. The van der Waals surface area contributed by atoms with Gasteiger partial charge in [-0.2, -0.15) is 5.26 Å². The van der Waals surface area contributed by atoms with Crippen molar-refractivity contribution in [1.29, 1.82) is 5.26 Å². The van der Waals surface area contributed by atoms with Crippen LogP contribution in [0.1, 0.15) is 15.9 Å². The van der Waals surface area contributed by atoms with E-state index in [9.17, 15) is 4.79 Å². The molecule has 1 aliphatic rings. The number of amides is 1. The van der Waals surface area contributed by atoms with E-state index in [1.165, 1.54) is 0 Å². The number of anilines is 2. The van der Waals surface area contributed by atoms with Crippen LogP contribution in [0.25, 0.3) is 10.8 Å². The van der Waals surface area contributed by atoms with Gasteiger partial charge in [-0.05, 0) is 36.4 Å². The van der Waals surface area contributed by atoms with Gasteiger partial charge in [-0.1, -0.05) is 6.07 Å². The zero-order valence-electron chi connectivity index (χ0n) is 14.8. The molecule has 1 aliphatic heterocycles. The summed E-state index contributed by atoms with van der Waals surface area (Å²) in [5.74, 6) is -0.426. The fourth-order valence-corrected chi connectivity index (χ4v) is 3.51. The highest BCUT2D eigenvalue weighted by Crippen LogP contribution is 2.28. The Morgan fingerprint density at radius 3 is 2.37 bits per heavy atom. The number of pyridine rings is 1. The van der Waals surface area contributed by atoms with Gasteiger partial charge in [0.2, 0.25) is 5.91 Å². The summed E-state index contributed by atoms with van der Waals surface area (Å²) >= 11 is 0.